The average molecular weight is 601 g/mol. The lowest BCUT2D eigenvalue weighted by atomic mass is 10.0. The number of nitrogens with zero attached hydrogens (tertiary/aromatic N) is 5. The molecule has 2 aliphatic heterocycles. The maximum Gasteiger partial charge on any atom is 0.415 e. The van der Waals surface area contributed by atoms with Crippen molar-refractivity contribution in [2.75, 3.05) is 65.1 Å². The van der Waals surface area contributed by atoms with E-state index in [9.17, 15) is 9.59 Å². The molecule has 44 heavy (non-hydrogen) atoms. The molecular formula is C33H44N8O3. The predicted octanol–water partition coefficient (Wildman–Crippen LogP) is 5.86. The number of carbonyl (C=O) groups excluding carboxylic acids is 2. The monoisotopic (exact) mass is 600 g/mol. The van der Waals surface area contributed by atoms with Crippen LogP contribution in [-0.2, 0) is 9.53 Å². The lowest BCUT2D eigenvalue weighted by Crippen LogP contribution is -2.46. The SMILES string of the molecule is CCC(=O)Nc1ccc(Nc2ccc([C@H](C)Nc3nccc(N4C(=O)OC[C@@H]4C(C)C)n3)cc2)cc1N1CCN(CC)CC1. The van der Waals surface area contributed by atoms with Crippen LogP contribution in [0.1, 0.15) is 52.6 Å². The number of piperazine rings is 1. The van der Waals surface area contributed by atoms with Gasteiger partial charge in [0.05, 0.1) is 23.5 Å². The number of rotatable bonds is 11. The van der Waals surface area contributed by atoms with Crippen molar-refractivity contribution in [3.8, 4) is 0 Å². The summed E-state index contributed by atoms with van der Waals surface area (Å²) in [6.45, 7) is 15.5. The number of aromatic nitrogens is 2. The summed E-state index contributed by atoms with van der Waals surface area (Å²) in [4.78, 5) is 40.0. The second-order valence-corrected chi connectivity index (χ2v) is 11.7. The smallest absolute Gasteiger partial charge is 0.415 e. The first-order valence-electron chi connectivity index (χ1n) is 15.6. The zero-order valence-corrected chi connectivity index (χ0v) is 26.3. The molecule has 2 saturated heterocycles. The van der Waals surface area contributed by atoms with Crippen molar-refractivity contribution < 1.29 is 14.3 Å². The van der Waals surface area contributed by atoms with Crippen molar-refractivity contribution in [3.05, 3.63) is 60.3 Å². The zero-order chi connectivity index (χ0) is 31.2. The van der Waals surface area contributed by atoms with Gasteiger partial charge in [-0.15, -0.1) is 0 Å². The molecular weight excluding hydrogens is 556 g/mol. The van der Waals surface area contributed by atoms with Crippen LogP contribution in [0.3, 0.4) is 0 Å². The van der Waals surface area contributed by atoms with E-state index in [4.69, 9.17) is 4.74 Å². The molecule has 2 aromatic carbocycles. The Balaban J connectivity index is 1.26. The Hall–Kier alpha value is -4.38. The Morgan fingerprint density at radius 3 is 2.41 bits per heavy atom. The van der Waals surface area contributed by atoms with E-state index >= 15 is 0 Å². The highest BCUT2D eigenvalue weighted by Gasteiger charge is 2.37. The van der Waals surface area contributed by atoms with Crippen LogP contribution >= 0.6 is 0 Å². The number of amides is 2. The molecule has 3 heterocycles. The number of hydrogen-bond acceptors (Lipinski definition) is 9. The first kappa shape index (κ1) is 31.1. The van der Waals surface area contributed by atoms with Gasteiger partial charge < -0.3 is 30.5 Å². The molecule has 2 amide bonds. The zero-order valence-electron chi connectivity index (χ0n) is 26.3. The molecule has 0 spiro atoms. The largest absolute Gasteiger partial charge is 0.447 e. The van der Waals surface area contributed by atoms with Crippen LogP contribution in [0.25, 0.3) is 0 Å². The summed E-state index contributed by atoms with van der Waals surface area (Å²) in [5.41, 5.74) is 4.86. The highest BCUT2D eigenvalue weighted by atomic mass is 16.6. The van der Waals surface area contributed by atoms with E-state index in [-0.39, 0.29) is 30.0 Å². The third-order valence-electron chi connectivity index (χ3n) is 8.36. The van der Waals surface area contributed by atoms with Gasteiger partial charge in [0.15, 0.2) is 0 Å². The summed E-state index contributed by atoms with van der Waals surface area (Å²) >= 11 is 0. The number of nitrogens with one attached hydrogen (secondary N) is 3. The first-order chi connectivity index (χ1) is 21.2. The van der Waals surface area contributed by atoms with Crippen molar-refractivity contribution in [3.63, 3.8) is 0 Å². The lowest BCUT2D eigenvalue weighted by Gasteiger charge is -2.36. The summed E-state index contributed by atoms with van der Waals surface area (Å²) in [7, 11) is 0. The third kappa shape index (κ3) is 7.21. The number of carbonyl (C=O) groups is 2. The van der Waals surface area contributed by atoms with E-state index in [0.717, 1.165) is 61.0 Å². The van der Waals surface area contributed by atoms with Gasteiger partial charge in [-0.1, -0.05) is 39.8 Å². The number of benzene rings is 2. The van der Waals surface area contributed by atoms with E-state index in [1.807, 2.05) is 38.1 Å². The molecule has 11 nitrogen and oxygen atoms in total. The van der Waals surface area contributed by atoms with Crippen molar-refractivity contribution >= 4 is 46.5 Å². The Kier molecular flexibility index (Phi) is 9.84. The molecule has 0 saturated carbocycles. The highest BCUT2D eigenvalue weighted by Crippen LogP contribution is 2.32. The molecule has 2 fully saturated rings. The van der Waals surface area contributed by atoms with Crippen molar-refractivity contribution in [1.82, 2.24) is 14.9 Å². The van der Waals surface area contributed by atoms with Crippen LogP contribution in [0.4, 0.5) is 39.3 Å². The van der Waals surface area contributed by atoms with Crippen LogP contribution in [-0.4, -0.2) is 72.2 Å². The highest BCUT2D eigenvalue weighted by molar-refractivity contribution is 5.95. The normalized spacial score (nSPS) is 17.9. The molecule has 5 rings (SSSR count). The van der Waals surface area contributed by atoms with Gasteiger partial charge in [-0.3, -0.25) is 9.69 Å². The number of cyclic esters (lactones) is 1. The summed E-state index contributed by atoms with van der Waals surface area (Å²) in [5.74, 6) is 1.22. The summed E-state index contributed by atoms with van der Waals surface area (Å²) < 4.78 is 5.29. The molecule has 2 atom stereocenters. The van der Waals surface area contributed by atoms with Crippen LogP contribution in [0, 0.1) is 5.92 Å². The molecule has 0 unspecified atom stereocenters. The fourth-order valence-electron chi connectivity index (χ4n) is 5.56. The molecule has 0 bridgehead atoms. The van der Waals surface area contributed by atoms with E-state index in [1.165, 1.54) is 0 Å². The van der Waals surface area contributed by atoms with E-state index in [2.05, 4.69) is 74.7 Å². The van der Waals surface area contributed by atoms with Gasteiger partial charge in [0, 0.05) is 50.2 Å². The second kappa shape index (κ2) is 13.9. The quantitative estimate of drug-likeness (QED) is 0.249. The van der Waals surface area contributed by atoms with E-state index < -0.39 is 0 Å². The molecule has 234 valence electrons. The number of anilines is 6. The van der Waals surface area contributed by atoms with Crippen molar-refractivity contribution in [2.24, 2.45) is 5.92 Å². The molecule has 3 N–H and O–H groups in total. The van der Waals surface area contributed by atoms with E-state index in [0.29, 0.717) is 24.8 Å². The maximum absolute atomic E-state index is 12.4. The van der Waals surface area contributed by atoms with Crippen molar-refractivity contribution in [1.29, 1.82) is 0 Å². The van der Waals surface area contributed by atoms with Crippen LogP contribution in [0.15, 0.2) is 54.7 Å². The van der Waals surface area contributed by atoms with Crippen LogP contribution in [0.2, 0.25) is 0 Å². The fourth-order valence-corrected chi connectivity index (χ4v) is 5.56. The maximum atomic E-state index is 12.4. The minimum atomic E-state index is -0.379. The van der Waals surface area contributed by atoms with Gasteiger partial charge in [-0.25, -0.2) is 9.78 Å². The van der Waals surface area contributed by atoms with Crippen molar-refractivity contribution in [2.45, 2.75) is 53.1 Å². The van der Waals surface area contributed by atoms with Crippen LogP contribution < -0.4 is 25.8 Å². The van der Waals surface area contributed by atoms with Gasteiger partial charge in [0.2, 0.25) is 11.9 Å². The molecule has 0 radical (unpaired) electrons. The number of hydrogen-bond donors (Lipinski definition) is 3. The Morgan fingerprint density at radius 2 is 1.73 bits per heavy atom. The predicted molar refractivity (Wildman–Crippen MR) is 176 cm³/mol. The number of likely N-dealkylation sites (N-methyl/N-ethyl adjacent to an activating group) is 1. The Bertz CT molecular complexity index is 1440. The molecule has 1 aromatic heterocycles. The summed E-state index contributed by atoms with van der Waals surface area (Å²) in [5, 5.41) is 9.97. The molecule has 0 aliphatic carbocycles. The summed E-state index contributed by atoms with van der Waals surface area (Å²) in [6, 6.07) is 15.9. The Labute approximate surface area is 260 Å². The standard InChI is InChI=1S/C33H44N8O3/c1-6-31(42)37-27-13-12-26(20-28(27)40-18-16-39(7-2)17-19-40)36-25-10-8-24(9-11-25)23(5)35-32-34-15-14-30(38-32)41-29(22(3)4)21-44-33(41)43/h8-15,20,22-23,29,36H,6-7,16-19,21H2,1-5H3,(H,37,42)(H,34,35,38)/t23-,29+/m0/s1. The lowest BCUT2D eigenvalue weighted by molar-refractivity contribution is -0.115. The molecule has 3 aromatic rings. The van der Waals surface area contributed by atoms with E-state index in [1.54, 1.807) is 17.2 Å². The second-order valence-electron chi connectivity index (χ2n) is 11.7. The first-order valence-corrected chi connectivity index (χ1v) is 15.6. The topological polar surface area (TPSA) is 115 Å². The van der Waals surface area contributed by atoms with Gasteiger partial charge in [-0.2, -0.15) is 4.98 Å². The van der Waals surface area contributed by atoms with Crippen LogP contribution in [0.5, 0.6) is 0 Å². The third-order valence-corrected chi connectivity index (χ3v) is 8.36. The minimum Gasteiger partial charge on any atom is -0.447 e. The summed E-state index contributed by atoms with van der Waals surface area (Å²) in [6.07, 6.45) is 1.71. The Morgan fingerprint density at radius 1 is 1.00 bits per heavy atom. The minimum absolute atomic E-state index is 0.00732. The van der Waals surface area contributed by atoms with Gasteiger partial charge in [0.1, 0.15) is 12.4 Å². The van der Waals surface area contributed by atoms with Gasteiger partial charge in [0.25, 0.3) is 0 Å². The molecule has 11 heteroatoms. The van der Waals surface area contributed by atoms with Gasteiger partial charge >= 0.3 is 6.09 Å². The molecule has 2 aliphatic rings. The fraction of sp³-hybridized carbons (Fsp3) is 0.455. The average Bonchev–Trinajstić information content (AvgIpc) is 3.44. The van der Waals surface area contributed by atoms with Gasteiger partial charge in [-0.05, 0) is 61.3 Å². The number of ether oxygens (including phenoxy) is 1.